The molecule has 2 unspecified atom stereocenters. The molecule has 2 rings (SSSR count). The van der Waals surface area contributed by atoms with Crippen LogP contribution in [0.25, 0.3) is 0 Å². The molecule has 0 bridgehead atoms. The summed E-state index contributed by atoms with van der Waals surface area (Å²) in [7, 11) is 0. The highest BCUT2D eigenvalue weighted by molar-refractivity contribution is 4.80. The van der Waals surface area contributed by atoms with Gasteiger partial charge in [-0.15, -0.1) is 0 Å². The number of hydrogen-bond donors (Lipinski definition) is 0. The molecule has 2 aliphatic heterocycles. The van der Waals surface area contributed by atoms with Crippen LogP contribution < -0.4 is 0 Å². The lowest BCUT2D eigenvalue weighted by molar-refractivity contribution is 0.0972. The first-order valence-electron chi connectivity index (χ1n) is 11.8. The highest BCUT2D eigenvalue weighted by atomic mass is 15.3. The van der Waals surface area contributed by atoms with Gasteiger partial charge >= 0.3 is 0 Å². The van der Waals surface area contributed by atoms with Gasteiger partial charge in [-0.05, 0) is 71.0 Å². The smallest absolute Gasteiger partial charge is 0.0113 e. The number of likely N-dealkylation sites (tertiary alicyclic amines) is 1. The van der Waals surface area contributed by atoms with Gasteiger partial charge in [0.1, 0.15) is 0 Å². The van der Waals surface area contributed by atoms with Gasteiger partial charge in [-0.25, -0.2) is 0 Å². The van der Waals surface area contributed by atoms with Gasteiger partial charge in [0, 0.05) is 38.3 Å². The predicted octanol–water partition coefficient (Wildman–Crippen LogP) is 4.86. The van der Waals surface area contributed by atoms with Crippen LogP contribution in [0.15, 0.2) is 0 Å². The standard InChI is InChI=1S/C23H47N3/c1-5-11-22(4)25-18-16-24(17-19-25)13-8-6-7-9-14-26-15-10-12-23(26)20-21(2)3/h21-23H,5-20H2,1-4H3. The Morgan fingerprint density at radius 2 is 1.54 bits per heavy atom. The van der Waals surface area contributed by atoms with Crippen molar-refractivity contribution in [3.05, 3.63) is 0 Å². The monoisotopic (exact) mass is 365 g/mol. The third-order valence-electron chi connectivity index (χ3n) is 6.65. The minimum Gasteiger partial charge on any atom is -0.301 e. The zero-order chi connectivity index (χ0) is 18.8. The lowest BCUT2D eigenvalue weighted by Crippen LogP contribution is -2.49. The maximum atomic E-state index is 2.79. The molecule has 0 aromatic carbocycles. The molecule has 2 saturated heterocycles. The molecule has 2 fully saturated rings. The van der Waals surface area contributed by atoms with Crippen molar-refractivity contribution in [3.8, 4) is 0 Å². The summed E-state index contributed by atoms with van der Waals surface area (Å²) in [5.41, 5.74) is 0. The molecule has 2 atom stereocenters. The highest BCUT2D eigenvalue weighted by Gasteiger charge is 2.24. The Morgan fingerprint density at radius 3 is 2.19 bits per heavy atom. The summed E-state index contributed by atoms with van der Waals surface area (Å²) in [6.07, 6.45) is 12.6. The summed E-state index contributed by atoms with van der Waals surface area (Å²) in [6.45, 7) is 18.7. The van der Waals surface area contributed by atoms with Gasteiger partial charge in [0.25, 0.3) is 0 Å². The molecule has 0 N–H and O–H groups in total. The Bertz CT molecular complexity index is 349. The van der Waals surface area contributed by atoms with Crippen LogP contribution in [0.3, 0.4) is 0 Å². The number of hydrogen-bond acceptors (Lipinski definition) is 3. The van der Waals surface area contributed by atoms with Gasteiger partial charge in [0.2, 0.25) is 0 Å². The Hall–Kier alpha value is -0.120. The van der Waals surface area contributed by atoms with Gasteiger partial charge in [-0.1, -0.05) is 40.0 Å². The van der Waals surface area contributed by atoms with E-state index in [4.69, 9.17) is 0 Å². The molecule has 0 radical (unpaired) electrons. The summed E-state index contributed by atoms with van der Waals surface area (Å²) in [6, 6.07) is 1.67. The van der Waals surface area contributed by atoms with Crippen LogP contribution in [0.5, 0.6) is 0 Å². The molecule has 0 aliphatic carbocycles. The second-order valence-corrected chi connectivity index (χ2v) is 9.39. The molecule has 0 saturated carbocycles. The summed E-state index contributed by atoms with van der Waals surface area (Å²) in [5, 5.41) is 0. The molecular formula is C23H47N3. The zero-order valence-corrected chi connectivity index (χ0v) is 18.4. The normalized spacial score (nSPS) is 24.6. The lowest BCUT2D eigenvalue weighted by Gasteiger charge is -2.38. The maximum Gasteiger partial charge on any atom is 0.0113 e. The predicted molar refractivity (Wildman–Crippen MR) is 115 cm³/mol. The van der Waals surface area contributed by atoms with Crippen LogP contribution in [-0.2, 0) is 0 Å². The number of piperazine rings is 1. The van der Waals surface area contributed by atoms with Crippen LogP contribution in [-0.4, -0.2) is 72.6 Å². The van der Waals surface area contributed by atoms with Gasteiger partial charge in [-0.2, -0.15) is 0 Å². The SMILES string of the molecule is CCCC(C)N1CCN(CCCCCCN2CCCC2CC(C)C)CC1. The minimum absolute atomic E-state index is 0.784. The van der Waals surface area contributed by atoms with E-state index in [0.29, 0.717) is 0 Å². The van der Waals surface area contributed by atoms with Gasteiger partial charge < -0.3 is 9.80 Å². The first-order chi connectivity index (χ1) is 12.6. The van der Waals surface area contributed by atoms with Gasteiger partial charge in [0.15, 0.2) is 0 Å². The van der Waals surface area contributed by atoms with Crippen LogP contribution in [0, 0.1) is 5.92 Å². The van der Waals surface area contributed by atoms with Gasteiger partial charge in [0.05, 0.1) is 0 Å². The fraction of sp³-hybridized carbons (Fsp3) is 1.00. The molecule has 3 heteroatoms. The Morgan fingerprint density at radius 1 is 0.846 bits per heavy atom. The summed E-state index contributed by atoms with van der Waals surface area (Å²) in [4.78, 5) is 8.19. The summed E-state index contributed by atoms with van der Waals surface area (Å²) in [5.74, 6) is 0.853. The molecule has 0 aromatic rings. The molecular weight excluding hydrogens is 318 g/mol. The number of rotatable bonds is 12. The number of unbranched alkanes of at least 4 members (excludes halogenated alkanes) is 3. The van der Waals surface area contributed by atoms with Crippen molar-refractivity contribution in [2.45, 2.75) is 97.6 Å². The van der Waals surface area contributed by atoms with E-state index < -0.39 is 0 Å². The third-order valence-corrected chi connectivity index (χ3v) is 6.65. The highest BCUT2D eigenvalue weighted by Crippen LogP contribution is 2.23. The molecule has 2 heterocycles. The Balaban J connectivity index is 1.47. The van der Waals surface area contributed by atoms with Crippen molar-refractivity contribution < 1.29 is 0 Å². The Labute approximate surface area is 164 Å². The van der Waals surface area contributed by atoms with E-state index in [9.17, 15) is 0 Å². The van der Waals surface area contributed by atoms with Gasteiger partial charge in [-0.3, -0.25) is 4.90 Å². The zero-order valence-electron chi connectivity index (χ0n) is 18.4. The van der Waals surface area contributed by atoms with Crippen molar-refractivity contribution >= 4 is 0 Å². The van der Waals surface area contributed by atoms with Crippen LogP contribution in [0.2, 0.25) is 0 Å². The van der Waals surface area contributed by atoms with E-state index in [-0.39, 0.29) is 0 Å². The minimum atomic E-state index is 0.784. The fourth-order valence-electron chi connectivity index (χ4n) is 5.03. The van der Waals surface area contributed by atoms with E-state index >= 15 is 0 Å². The third kappa shape index (κ3) is 7.86. The van der Waals surface area contributed by atoms with E-state index in [0.717, 1.165) is 18.0 Å². The van der Waals surface area contributed by atoms with Crippen LogP contribution in [0.1, 0.15) is 85.5 Å². The Kier molecular flexibility index (Phi) is 10.5. The lowest BCUT2D eigenvalue weighted by atomic mass is 10.0. The van der Waals surface area contributed by atoms with Crippen molar-refractivity contribution in [2.24, 2.45) is 5.92 Å². The molecule has 2 aliphatic rings. The fourth-order valence-corrected chi connectivity index (χ4v) is 5.03. The second kappa shape index (κ2) is 12.4. The van der Waals surface area contributed by atoms with E-state index in [1.165, 1.54) is 104 Å². The maximum absolute atomic E-state index is 2.79. The summed E-state index contributed by atoms with van der Waals surface area (Å²) < 4.78 is 0. The number of nitrogens with zero attached hydrogens (tertiary/aromatic N) is 3. The van der Waals surface area contributed by atoms with E-state index in [1.807, 2.05) is 0 Å². The van der Waals surface area contributed by atoms with Crippen molar-refractivity contribution in [3.63, 3.8) is 0 Å². The van der Waals surface area contributed by atoms with Crippen LogP contribution in [0.4, 0.5) is 0 Å². The van der Waals surface area contributed by atoms with E-state index in [1.54, 1.807) is 0 Å². The van der Waals surface area contributed by atoms with E-state index in [2.05, 4.69) is 42.4 Å². The average Bonchev–Trinajstić information content (AvgIpc) is 3.05. The average molecular weight is 366 g/mol. The second-order valence-electron chi connectivity index (χ2n) is 9.39. The molecule has 0 spiro atoms. The quantitative estimate of drug-likeness (QED) is 0.457. The van der Waals surface area contributed by atoms with Crippen LogP contribution >= 0.6 is 0 Å². The first-order valence-corrected chi connectivity index (χ1v) is 11.8. The van der Waals surface area contributed by atoms with Crippen molar-refractivity contribution in [2.75, 3.05) is 45.8 Å². The first kappa shape index (κ1) is 22.2. The summed E-state index contributed by atoms with van der Waals surface area (Å²) >= 11 is 0. The largest absolute Gasteiger partial charge is 0.301 e. The molecule has 0 amide bonds. The topological polar surface area (TPSA) is 9.72 Å². The molecule has 154 valence electrons. The molecule has 0 aromatic heterocycles. The molecule has 26 heavy (non-hydrogen) atoms. The molecule has 3 nitrogen and oxygen atoms in total. The van der Waals surface area contributed by atoms with Crippen molar-refractivity contribution in [1.82, 2.24) is 14.7 Å². The van der Waals surface area contributed by atoms with Crippen molar-refractivity contribution in [1.29, 1.82) is 0 Å².